The summed E-state index contributed by atoms with van der Waals surface area (Å²) in [5, 5.41) is 0. The highest BCUT2D eigenvalue weighted by Gasteiger charge is 2.25. The number of hydrogen-bond donors (Lipinski definition) is 1. The number of alkyl halides is 2. The Morgan fingerprint density at radius 2 is 2.00 bits per heavy atom. The minimum absolute atomic E-state index is 0.138. The van der Waals surface area contributed by atoms with Crippen molar-refractivity contribution in [2.24, 2.45) is 0 Å². The van der Waals surface area contributed by atoms with Crippen LogP contribution in [0.2, 0.25) is 0 Å². The van der Waals surface area contributed by atoms with E-state index in [4.69, 9.17) is 10.7 Å². The van der Waals surface area contributed by atoms with E-state index in [2.05, 4.69) is 4.98 Å². The van der Waals surface area contributed by atoms with Crippen molar-refractivity contribution < 1.29 is 17.2 Å². The van der Waals surface area contributed by atoms with Crippen LogP contribution in [0.15, 0.2) is 15.8 Å². The summed E-state index contributed by atoms with van der Waals surface area (Å²) in [6.45, 7) is 1.36. The molecule has 1 rings (SSSR count). The van der Waals surface area contributed by atoms with Gasteiger partial charge in [0.05, 0.1) is 0 Å². The fourth-order valence-corrected chi connectivity index (χ4v) is 2.29. The lowest BCUT2D eigenvalue weighted by Crippen LogP contribution is -2.18. The van der Waals surface area contributed by atoms with Gasteiger partial charge in [-0.3, -0.25) is 4.79 Å². The molecule has 0 bridgehead atoms. The zero-order chi connectivity index (χ0) is 11.8. The first-order valence-electron chi connectivity index (χ1n) is 3.70. The number of aromatic nitrogens is 1. The summed E-state index contributed by atoms with van der Waals surface area (Å²) in [5.41, 5.74) is -1.88. The van der Waals surface area contributed by atoms with E-state index in [-0.39, 0.29) is 5.69 Å². The van der Waals surface area contributed by atoms with Crippen molar-refractivity contribution in [3.8, 4) is 0 Å². The van der Waals surface area contributed by atoms with Gasteiger partial charge >= 0.3 is 0 Å². The van der Waals surface area contributed by atoms with Crippen LogP contribution in [0.3, 0.4) is 0 Å². The van der Waals surface area contributed by atoms with Crippen LogP contribution in [0.5, 0.6) is 0 Å². The molecule has 0 saturated heterocycles. The molecule has 0 aliphatic heterocycles. The van der Waals surface area contributed by atoms with Crippen LogP contribution in [0.1, 0.15) is 17.7 Å². The largest absolute Gasteiger partial charge is 0.325 e. The standard InChI is InChI=1S/C7H6ClF2NO3S/c1-3-2-4(6(9)10)5(7(12)11-3)15(8,13)14/h2,6H,1H3,(H,11,12). The topological polar surface area (TPSA) is 67.0 Å². The van der Waals surface area contributed by atoms with Crippen molar-refractivity contribution in [3.63, 3.8) is 0 Å². The molecule has 0 atom stereocenters. The average Bonchev–Trinajstić information content (AvgIpc) is 1.99. The number of H-pyrrole nitrogens is 1. The summed E-state index contributed by atoms with van der Waals surface area (Å²) >= 11 is 0. The fraction of sp³-hybridized carbons (Fsp3) is 0.286. The van der Waals surface area contributed by atoms with Crippen molar-refractivity contribution in [2.75, 3.05) is 0 Å². The fourth-order valence-electron chi connectivity index (χ4n) is 1.12. The van der Waals surface area contributed by atoms with Crippen LogP contribution in [0, 0.1) is 6.92 Å². The highest BCUT2D eigenvalue weighted by atomic mass is 35.7. The highest BCUT2D eigenvalue weighted by Crippen LogP contribution is 2.26. The molecule has 1 heterocycles. The average molecular weight is 258 g/mol. The molecular formula is C7H6ClF2NO3S. The predicted molar refractivity (Wildman–Crippen MR) is 49.8 cm³/mol. The third-order valence-corrected chi connectivity index (χ3v) is 3.00. The Kier molecular flexibility index (Phi) is 3.15. The summed E-state index contributed by atoms with van der Waals surface area (Å²) in [7, 11) is 0.407. The third-order valence-electron chi connectivity index (χ3n) is 1.63. The zero-order valence-electron chi connectivity index (χ0n) is 7.42. The first-order valence-corrected chi connectivity index (χ1v) is 6.01. The normalized spacial score (nSPS) is 12.1. The number of hydrogen-bond acceptors (Lipinski definition) is 3. The van der Waals surface area contributed by atoms with Gasteiger partial charge in [0.15, 0.2) is 4.90 Å². The van der Waals surface area contributed by atoms with E-state index >= 15 is 0 Å². The Morgan fingerprint density at radius 3 is 2.40 bits per heavy atom. The number of halogens is 3. The van der Waals surface area contributed by atoms with Gasteiger partial charge in [-0.05, 0) is 13.0 Å². The van der Waals surface area contributed by atoms with E-state index in [1.165, 1.54) is 6.92 Å². The SMILES string of the molecule is Cc1cc(C(F)F)c(S(=O)(=O)Cl)c(=O)[nH]1. The lowest BCUT2D eigenvalue weighted by Gasteiger charge is -2.05. The molecule has 1 aromatic rings. The first kappa shape index (κ1) is 12.1. The van der Waals surface area contributed by atoms with E-state index < -0.39 is 31.5 Å². The van der Waals surface area contributed by atoms with Crippen LogP contribution >= 0.6 is 10.7 Å². The van der Waals surface area contributed by atoms with E-state index in [0.717, 1.165) is 6.07 Å². The van der Waals surface area contributed by atoms with Crippen molar-refractivity contribution in [2.45, 2.75) is 18.2 Å². The van der Waals surface area contributed by atoms with Crippen molar-refractivity contribution in [1.82, 2.24) is 4.98 Å². The van der Waals surface area contributed by atoms with E-state index in [9.17, 15) is 22.0 Å². The third kappa shape index (κ3) is 2.54. The van der Waals surface area contributed by atoms with Gasteiger partial charge in [0.1, 0.15) is 0 Å². The van der Waals surface area contributed by atoms with Crippen molar-refractivity contribution in [3.05, 3.63) is 27.7 Å². The predicted octanol–water partition coefficient (Wildman–Crippen LogP) is 1.55. The second kappa shape index (κ2) is 3.90. The molecule has 1 aromatic heterocycles. The number of nitrogens with one attached hydrogen (secondary N) is 1. The summed E-state index contributed by atoms with van der Waals surface area (Å²) in [6.07, 6.45) is -3.07. The maximum atomic E-state index is 12.4. The van der Waals surface area contributed by atoms with Gasteiger partial charge in [0, 0.05) is 21.9 Å². The van der Waals surface area contributed by atoms with Crippen LogP contribution in [0.4, 0.5) is 8.78 Å². The monoisotopic (exact) mass is 257 g/mol. The Labute approximate surface area is 88.3 Å². The lowest BCUT2D eigenvalue weighted by atomic mass is 10.2. The molecule has 0 unspecified atom stereocenters. The molecule has 4 nitrogen and oxygen atoms in total. The number of aromatic amines is 1. The second-order valence-corrected chi connectivity index (χ2v) is 5.31. The molecule has 84 valence electrons. The Hall–Kier alpha value is -0.950. The quantitative estimate of drug-likeness (QED) is 0.818. The number of aryl methyl sites for hydroxylation is 1. The van der Waals surface area contributed by atoms with Gasteiger partial charge in [-0.2, -0.15) is 0 Å². The number of rotatable bonds is 2. The number of pyridine rings is 1. The maximum absolute atomic E-state index is 12.4. The van der Waals surface area contributed by atoms with Gasteiger partial charge in [0.25, 0.3) is 21.0 Å². The molecule has 0 radical (unpaired) electrons. The highest BCUT2D eigenvalue weighted by molar-refractivity contribution is 8.13. The van der Waals surface area contributed by atoms with Crippen molar-refractivity contribution >= 4 is 19.7 Å². The van der Waals surface area contributed by atoms with Crippen LogP contribution in [0.25, 0.3) is 0 Å². The van der Waals surface area contributed by atoms with E-state index in [1.54, 1.807) is 0 Å². The van der Waals surface area contributed by atoms with Gasteiger partial charge in [-0.15, -0.1) is 0 Å². The van der Waals surface area contributed by atoms with E-state index in [1.807, 2.05) is 0 Å². The molecule has 0 aliphatic carbocycles. The lowest BCUT2D eigenvalue weighted by molar-refractivity contribution is 0.147. The maximum Gasteiger partial charge on any atom is 0.268 e. The minimum atomic E-state index is -4.48. The van der Waals surface area contributed by atoms with Crippen molar-refractivity contribution in [1.29, 1.82) is 0 Å². The van der Waals surface area contributed by atoms with Crippen LogP contribution < -0.4 is 5.56 Å². The molecule has 15 heavy (non-hydrogen) atoms. The smallest absolute Gasteiger partial charge is 0.268 e. The Bertz CT molecular complexity index is 538. The summed E-state index contributed by atoms with van der Waals surface area (Å²) < 4.78 is 46.7. The van der Waals surface area contributed by atoms with Gasteiger partial charge in [-0.25, -0.2) is 17.2 Å². The molecule has 0 amide bonds. The molecule has 0 aliphatic rings. The van der Waals surface area contributed by atoms with Gasteiger partial charge < -0.3 is 4.98 Å². The van der Waals surface area contributed by atoms with E-state index in [0.29, 0.717) is 0 Å². The van der Waals surface area contributed by atoms with Gasteiger partial charge in [-0.1, -0.05) is 0 Å². The molecule has 8 heteroatoms. The summed E-state index contributed by atoms with van der Waals surface area (Å²) in [6, 6.07) is 0.876. The minimum Gasteiger partial charge on any atom is -0.325 e. The first-order chi connectivity index (χ1) is 6.73. The molecule has 0 saturated carbocycles. The van der Waals surface area contributed by atoms with Gasteiger partial charge in [0.2, 0.25) is 0 Å². The molecule has 0 spiro atoms. The zero-order valence-corrected chi connectivity index (χ0v) is 8.99. The molecule has 0 fully saturated rings. The molecule has 0 aromatic carbocycles. The van der Waals surface area contributed by atoms with Crippen LogP contribution in [-0.4, -0.2) is 13.4 Å². The second-order valence-electron chi connectivity index (χ2n) is 2.80. The Balaban J connectivity index is 3.71. The summed E-state index contributed by atoms with van der Waals surface area (Å²) in [5.74, 6) is 0. The summed E-state index contributed by atoms with van der Waals surface area (Å²) in [4.78, 5) is 12.2. The Morgan fingerprint density at radius 1 is 1.47 bits per heavy atom. The van der Waals surface area contributed by atoms with Crippen LogP contribution in [-0.2, 0) is 9.05 Å². The molecule has 1 N–H and O–H groups in total. The molecular weight excluding hydrogens is 252 g/mol.